The van der Waals surface area contributed by atoms with Gasteiger partial charge in [0, 0.05) is 35.1 Å². The Kier molecular flexibility index (Phi) is 6.82. The molecular formula is C23H19ClFN5OS. The molecule has 0 radical (unpaired) electrons. The average Bonchev–Trinajstić information content (AvgIpc) is 3.23. The molecule has 2 aromatic carbocycles. The van der Waals surface area contributed by atoms with Crippen molar-refractivity contribution in [3.8, 4) is 17.1 Å². The fourth-order valence-corrected chi connectivity index (χ4v) is 4.07. The first-order chi connectivity index (χ1) is 15.5. The maximum absolute atomic E-state index is 13.8. The Balaban J connectivity index is 1.57. The van der Waals surface area contributed by atoms with Gasteiger partial charge >= 0.3 is 0 Å². The van der Waals surface area contributed by atoms with Crippen LogP contribution in [0.4, 0.5) is 4.39 Å². The lowest BCUT2D eigenvalue weighted by Crippen LogP contribution is -2.25. The molecule has 0 spiro atoms. The van der Waals surface area contributed by atoms with E-state index in [0.717, 1.165) is 16.8 Å². The first-order valence-electron chi connectivity index (χ1n) is 9.79. The van der Waals surface area contributed by atoms with Gasteiger partial charge in [-0.05, 0) is 42.8 Å². The third kappa shape index (κ3) is 4.81. The van der Waals surface area contributed by atoms with Crippen molar-refractivity contribution in [3.63, 3.8) is 0 Å². The number of amides is 1. The average molecular weight is 468 g/mol. The van der Waals surface area contributed by atoms with Crippen LogP contribution in [0, 0.1) is 12.7 Å². The number of nitrogens with one attached hydrogen (secondary N) is 1. The highest BCUT2D eigenvalue weighted by molar-refractivity contribution is 7.99. The highest BCUT2D eigenvalue weighted by atomic mass is 35.5. The predicted octanol–water partition coefficient (Wildman–Crippen LogP) is 4.84. The van der Waals surface area contributed by atoms with Crippen LogP contribution in [0.3, 0.4) is 0 Å². The summed E-state index contributed by atoms with van der Waals surface area (Å²) in [5, 5.41) is 12.6. The van der Waals surface area contributed by atoms with Gasteiger partial charge in [0.2, 0.25) is 5.91 Å². The molecule has 4 aromatic rings. The molecule has 0 unspecified atom stereocenters. The van der Waals surface area contributed by atoms with E-state index in [4.69, 9.17) is 11.6 Å². The number of pyridine rings is 1. The first-order valence-corrected chi connectivity index (χ1v) is 11.1. The Morgan fingerprint density at radius 2 is 1.88 bits per heavy atom. The minimum Gasteiger partial charge on any atom is -0.351 e. The van der Waals surface area contributed by atoms with Crippen LogP contribution in [0.25, 0.3) is 17.1 Å². The van der Waals surface area contributed by atoms with Gasteiger partial charge in [0.1, 0.15) is 5.82 Å². The van der Waals surface area contributed by atoms with E-state index >= 15 is 0 Å². The zero-order valence-electron chi connectivity index (χ0n) is 17.1. The molecule has 9 heteroatoms. The number of thioether (sulfide) groups is 1. The topological polar surface area (TPSA) is 72.7 Å². The Morgan fingerprint density at radius 3 is 2.66 bits per heavy atom. The van der Waals surface area contributed by atoms with Crippen LogP contribution in [0.1, 0.15) is 11.1 Å². The van der Waals surface area contributed by atoms with E-state index in [1.807, 2.05) is 41.8 Å². The minimum absolute atomic E-state index is 0.0997. The molecule has 2 heterocycles. The molecule has 1 N–H and O–H groups in total. The Morgan fingerprint density at radius 1 is 1.09 bits per heavy atom. The molecule has 32 heavy (non-hydrogen) atoms. The van der Waals surface area contributed by atoms with Crippen molar-refractivity contribution in [2.45, 2.75) is 18.6 Å². The number of hydrogen-bond acceptors (Lipinski definition) is 5. The summed E-state index contributed by atoms with van der Waals surface area (Å²) in [7, 11) is 0. The fraction of sp³-hybridized carbons (Fsp3) is 0.130. The van der Waals surface area contributed by atoms with Crippen molar-refractivity contribution >= 4 is 29.3 Å². The zero-order valence-corrected chi connectivity index (χ0v) is 18.7. The Labute approximate surface area is 193 Å². The summed E-state index contributed by atoms with van der Waals surface area (Å²) in [6.07, 6.45) is 3.37. The highest BCUT2D eigenvalue weighted by Gasteiger charge is 2.19. The summed E-state index contributed by atoms with van der Waals surface area (Å²) in [4.78, 5) is 16.5. The van der Waals surface area contributed by atoms with E-state index < -0.39 is 0 Å². The molecule has 6 nitrogen and oxygen atoms in total. The van der Waals surface area contributed by atoms with E-state index in [0.29, 0.717) is 21.6 Å². The van der Waals surface area contributed by atoms with Crippen LogP contribution in [-0.4, -0.2) is 31.4 Å². The lowest BCUT2D eigenvalue weighted by molar-refractivity contribution is -0.118. The summed E-state index contributed by atoms with van der Waals surface area (Å²) in [5.74, 6) is 0.134. The van der Waals surface area contributed by atoms with Gasteiger partial charge in [0.05, 0.1) is 11.4 Å². The molecule has 1 amide bonds. The quantitative estimate of drug-likeness (QED) is 0.394. The highest BCUT2D eigenvalue weighted by Crippen LogP contribution is 2.31. The minimum atomic E-state index is -0.348. The number of hydrogen-bond donors (Lipinski definition) is 1. The largest absolute Gasteiger partial charge is 0.351 e. The predicted molar refractivity (Wildman–Crippen MR) is 123 cm³/mol. The van der Waals surface area contributed by atoms with Crippen molar-refractivity contribution in [2.24, 2.45) is 0 Å². The first kappa shape index (κ1) is 22.0. The maximum atomic E-state index is 13.8. The molecule has 0 aliphatic rings. The molecule has 2 aromatic heterocycles. The number of nitrogens with zero attached hydrogens (tertiary/aromatic N) is 4. The summed E-state index contributed by atoms with van der Waals surface area (Å²) in [5.41, 5.74) is 2.96. The van der Waals surface area contributed by atoms with Crippen molar-refractivity contribution in [3.05, 3.63) is 89.0 Å². The second-order valence-corrected chi connectivity index (χ2v) is 8.27. The van der Waals surface area contributed by atoms with Gasteiger partial charge in [0.25, 0.3) is 0 Å². The molecule has 0 saturated heterocycles. The number of rotatable bonds is 7. The lowest BCUT2D eigenvalue weighted by atomic mass is 10.2. The van der Waals surface area contributed by atoms with Crippen LogP contribution in [-0.2, 0) is 11.3 Å². The molecule has 0 fully saturated rings. The van der Waals surface area contributed by atoms with Gasteiger partial charge in [-0.1, -0.05) is 47.6 Å². The van der Waals surface area contributed by atoms with Crippen LogP contribution < -0.4 is 5.32 Å². The number of aromatic nitrogens is 4. The third-order valence-corrected chi connectivity index (χ3v) is 6.16. The van der Waals surface area contributed by atoms with Crippen molar-refractivity contribution < 1.29 is 9.18 Å². The van der Waals surface area contributed by atoms with Gasteiger partial charge < -0.3 is 5.32 Å². The molecule has 162 valence electrons. The molecule has 0 bridgehead atoms. The SMILES string of the molecule is Cc1c(Cl)cccc1-n1c(SCC(=O)NCc2ccccc2F)nnc1-c1ccncc1. The number of carbonyl (C=O) groups excluding carboxylic acids is 1. The number of carbonyl (C=O) groups is 1. The third-order valence-electron chi connectivity index (χ3n) is 4.82. The molecule has 4 rings (SSSR count). The van der Waals surface area contributed by atoms with Crippen molar-refractivity contribution in [1.29, 1.82) is 0 Å². The molecule has 0 saturated carbocycles. The fourth-order valence-electron chi connectivity index (χ4n) is 3.12. The van der Waals surface area contributed by atoms with Crippen LogP contribution in [0.15, 0.2) is 72.1 Å². The zero-order chi connectivity index (χ0) is 22.5. The summed E-state index contributed by atoms with van der Waals surface area (Å²) >= 11 is 7.60. The monoisotopic (exact) mass is 467 g/mol. The summed E-state index contributed by atoms with van der Waals surface area (Å²) < 4.78 is 15.7. The molecule has 0 aliphatic carbocycles. The van der Waals surface area contributed by atoms with Gasteiger partial charge in [-0.25, -0.2) is 4.39 Å². The Bertz CT molecular complexity index is 1250. The second-order valence-electron chi connectivity index (χ2n) is 6.92. The van der Waals surface area contributed by atoms with E-state index in [2.05, 4.69) is 20.5 Å². The van der Waals surface area contributed by atoms with E-state index in [1.165, 1.54) is 17.8 Å². The van der Waals surface area contributed by atoms with Crippen LogP contribution in [0.5, 0.6) is 0 Å². The standard InChI is InChI=1S/C23H19ClFN5OS/c1-15-18(24)6-4-8-20(15)30-22(16-9-11-26-12-10-16)28-29-23(30)32-14-21(31)27-13-17-5-2-3-7-19(17)25/h2-12H,13-14H2,1H3,(H,27,31). The molecule has 0 atom stereocenters. The van der Waals surface area contributed by atoms with Gasteiger partial charge in [0.15, 0.2) is 11.0 Å². The smallest absolute Gasteiger partial charge is 0.230 e. The van der Waals surface area contributed by atoms with Gasteiger partial charge in [-0.2, -0.15) is 0 Å². The van der Waals surface area contributed by atoms with Crippen molar-refractivity contribution in [2.75, 3.05) is 5.75 Å². The maximum Gasteiger partial charge on any atom is 0.230 e. The number of benzene rings is 2. The van der Waals surface area contributed by atoms with Crippen LogP contribution in [0.2, 0.25) is 5.02 Å². The van der Waals surface area contributed by atoms with Crippen molar-refractivity contribution in [1.82, 2.24) is 25.1 Å². The van der Waals surface area contributed by atoms with Gasteiger partial charge in [-0.3, -0.25) is 14.3 Å². The van der Waals surface area contributed by atoms with Crippen LogP contribution >= 0.6 is 23.4 Å². The lowest BCUT2D eigenvalue weighted by Gasteiger charge is -2.14. The second kappa shape index (κ2) is 9.93. The summed E-state index contributed by atoms with van der Waals surface area (Å²) in [6, 6.07) is 15.6. The van der Waals surface area contributed by atoms with E-state index in [-0.39, 0.29) is 24.0 Å². The van der Waals surface area contributed by atoms with E-state index in [9.17, 15) is 9.18 Å². The number of halogens is 2. The normalized spacial score (nSPS) is 10.8. The molecule has 0 aliphatic heterocycles. The summed E-state index contributed by atoms with van der Waals surface area (Å²) in [6.45, 7) is 2.04. The Hall–Kier alpha value is -3.23. The van der Waals surface area contributed by atoms with Gasteiger partial charge in [-0.15, -0.1) is 10.2 Å². The van der Waals surface area contributed by atoms with E-state index in [1.54, 1.807) is 30.6 Å². The molecular weight excluding hydrogens is 449 g/mol.